The number of hydrogen-bond donors (Lipinski definition) is 1. The molecule has 0 unspecified atom stereocenters. The number of nitrogens with zero attached hydrogens (tertiary/aromatic N) is 1. The SMILES string of the molecule is CC(=O)c1ccccc1Nc1ccc(C#N)cc1. The number of hydrogen-bond acceptors (Lipinski definition) is 3. The molecule has 0 amide bonds. The van der Waals surface area contributed by atoms with Crippen molar-refractivity contribution in [1.82, 2.24) is 0 Å². The molecule has 0 aromatic heterocycles. The number of anilines is 2. The third-order valence-corrected chi connectivity index (χ3v) is 2.60. The second kappa shape index (κ2) is 5.15. The highest BCUT2D eigenvalue weighted by Gasteiger charge is 2.05. The van der Waals surface area contributed by atoms with Gasteiger partial charge in [-0.25, -0.2) is 0 Å². The van der Waals surface area contributed by atoms with Crippen LogP contribution in [0.4, 0.5) is 11.4 Å². The Kier molecular flexibility index (Phi) is 3.40. The molecule has 1 N–H and O–H groups in total. The Hall–Kier alpha value is -2.60. The summed E-state index contributed by atoms with van der Waals surface area (Å²) in [5.41, 5.74) is 2.89. The Morgan fingerprint density at radius 2 is 1.78 bits per heavy atom. The van der Waals surface area contributed by atoms with Crippen molar-refractivity contribution < 1.29 is 4.79 Å². The van der Waals surface area contributed by atoms with Gasteiger partial charge in [0.15, 0.2) is 5.78 Å². The van der Waals surface area contributed by atoms with Crippen molar-refractivity contribution in [3.05, 3.63) is 59.7 Å². The lowest BCUT2D eigenvalue weighted by atomic mass is 10.1. The van der Waals surface area contributed by atoms with Crippen molar-refractivity contribution in [3.8, 4) is 6.07 Å². The second-order valence-electron chi connectivity index (χ2n) is 3.92. The molecule has 0 saturated carbocycles. The first-order valence-corrected chi connectivity index (χ1v) is 5.58. The van der Waals surface area contributed by atoms with Gasteiger partial charge in [-0.1, -0.05) is 12.1 Å². The zero-order valence-electron chi connectivity index (χ0n) is 9.97. The maximum absolute atomic E-state index is 11.5. The minimum absolute atomic E-state index is 0.0201. The molecule has 3 heteroatoms. The van der Waals surface area contributed by atoms with E-state index in [0.29, 0.717) is 11.1 Å². The zero-order valence-corrected chi connectivity index (χ0v) is 9.97. The number of rotatable bonds is 3. The van der Waals surface area contributed by atoms with E-state index in [0.717, 1.165) is 11.4 Å². The van der Waals surface area contributed by atoms with Gasteiger partial charge in [-0.2, -0.15) is 5.26 Å². The molecule has 2 aromatic rings. The fourth-order valence-corrected chi connectivity index (χ4v) is 1.68. The van der Waals surface area contributed by atoms with Crippen LogP contribution < -0.4 is 5.32 Å². The van der Waals surface area contributed by atoms with E-state index in [1.165, 1.54) is 0 Å². The van der Waals surface area contributed by atoms with Gasteiger partial charge in [0.1, 0.15) is 0 Å². The fraction of sp³-hybridized carbons (Fsp3) is 0.0667. The van der Waals surface area contributed by atoms with Crippen molar-refractivity contribution in [3.63, 3.8) is 0 Å². The molecule has 0 aliphatic carbocycles. The average molecular weight is 236 g/mol. The third-order valence-electron chi connectivity index (χ3n) is 2.60. The summed E-state index contributed by atoms with van der Waals surface area (Å²) in [6, 6.07) is 16.5. The number of nitrogens with one attached hydrogen (secondary N) is 1. The predicted octanol–water partition coefficient (Wildman–Crippen LogP) is 3.50. The van der Waals surface area contributed by atoms with Gasteiger partial charge in [0.25, 0.3) is 0 Å². The van der Waals surface area contributed by atoms with E-state index in [1.807, 2.05) is 30.3 Å². The summed E-state index contributed by atoms with van der Waals surface area (Å²) in [5.74, 6) is 0.0201. The standard InChI is InChI=1S/C15H12N2O/c1-11(18)14-4-2-3-5-15(14)17-13-8-6-12(10-16)7-9-13/h2-9,17H,1H3. The highest BCUT2D eigenvalue weighted by Crippen LogP contribution is 2.21. The molecule has 0 atom stereocenters. The first kappa shape index (κ1) is 11.9. The van der Waals surface area contributed by atoms with Crippen molar-refractivity contribution in [2.45, 2.75) is 6.92 Å². The Bertz CT molecular complexity index is 609. The van der Waals surface area contributed by atoms with E-state index in [-0.39, 0.29) is 5.78 Å². The Labute approximate surface area is 106 Å². The lowest BCUT2D eigenvalue weighted by molar-refractivity contribution is 0.101. The lowest BCUT2D eigenvalue weighted by Gasteiger charge is -2.09. The Morgan fingerprint density at radius 3 is 2.39 bits per heavy atom. The molecule has 0 saturated heterocycles. The van der Waals surface area contributed by atoms with E-state index in [2.05, 4.69) is 11.4 Å². The highest BCUT2D eigenvalue weighted by molar-refractivity contribution is 6.00. The number of Topliss-reactive ketones (excluding diaryl/α,β-unsaturated/α-hetero) is 1. The average Bonchev–Trinajstić information content (AvgIpc) is 2.40. The Morgan fingerprint density at radius 1 is 1.11 bits per heavy atom. The van der Waals surface area contributed by atoms with E-state index in [1.54, 1.807) is 25.1 Å². The van der Waals surface area contributed by atoms with Gasteiger partial charge in [-0.05, 0) is 43.3 Å². The molecule has 0 spiro atoms. The molecule has 0 aliphatic heterocycles. The smallest absolute Gasteiger partial charge is 0.161 e. The van der Waals surface area contributed by atoms with Crippen LogP contribution >= 0.6 is 0 Å². The largest absolute Gasteiger partial charge is 0.355 e. The van der Waals surface area contributed by atoms with E-state index >= 15 is 0 Å². The third kappa shape index (κ3) is 2.55. The summed E-state index contributed by atoms with van der Waals surface area (Å²) in [6.45, 7) is 1.54. The summed E-state index contributed by atoms with van der Waals surface area (Å²) in [4.78, 5) is 11.5. The molecule has 0 fully saturated rings. The molecular weight excluding hydrogens is 224 g/mol. The summed E-state index contributed by atoms with van der Waals surface area (Å²) in [5, 5.41) is 11.9. The normalized spacial score (nSPS) is 9.56. The van der Waals surface area contributed by atoms with Gasteiger partial charge in [0.2, 0.25) is 0 Å². The molecule has 3 nitrogen and oxygen atoms in total. The van der Waals surface area contributed by atoms with Crippen LogP contribution in [0.2, 0.25) is 0 Å². The monoisotopic (exact) mass is 236 g/mol. The van der Waals surface area contributed by atoms with Gasteiger partial charge < -0.3 is 5.32 Å². The minimum Gasteiger partial charge on any atom is -0.355 e. The van der Waals surface area contributed by atoms with E-state index in [4.69, 9.17) is 5.26 Å². The van der Waals surface area contributed by atoms with Crippen molar-refractivity contribution >= 4 is 17.2 Å². The van der Waals surface area contributed by atoms with E-state index in [9.17, 15) is 4.79 Å². The molecule has 0 bridgehead atoms. The first-order chi connectivity index (χ1) is 8.70. The number of para-hydroxylation sites is 1. The number of carbonyl (C=O) groups excluding carboxylic acids is 1. The maximum atomic E-state index is 11.5. The van der Waals surface area contributed by atoms with Crippen LogP contribution in [0.3, 0.4) is 0 Å². The minimum atomic E-state index is 0.0201. The maximum Gasteiger partial charge on any atom is 0.161 e. The van der Waals surface area contributed by atoms with Crippen molar-refractivity contribution in [2.75, 3.05) is 5.32 Å². The molecule has 0 heterocycles. The van der Waals surface area contributed by atoms with Crippen molar-refractivity contribution in [2.24, 2.45) is 0 Å². The molecular formula is C15H12N2O. The molecule has 0 radical (unpaired) electrons. The second-order valence-corrected chi connectivity index (χ2v) is 3.92. The number of benzene rings is 2. The molecule has 2 aromatic carbocycles. The zero-order chi connectivity index (χ0) is 13.0. The van der Waals surface area contributed by atoms with Crippen LogP contribution in [0, 0.1) is 11.3 Å². The lowest BCUT2D eigenvalue weighted by Crippen LogP contribution is -1.99. The Balaban J connectivity index is 2.28. The highest BCUT2D eigenvalue weighted by atomic mass is 16.1. The van der Waals surface area contributed by atoms with Crippen molar-refractivity contribution in [1.29, 1.82) is 5.26 Å². The summed E-state index contributed by atoms with van der Waals surface area (Å²) < 4.78 is 0. The van der Waals surface area contributed by atoms with Crippen LogP contribution in [0.5, 0.6) is 0 Å². The van der Waals surface area contributed by atoms with Crippen LogP contribution in [0.1, 0.15) is 22.8 Å². The summed E-state index contributed by atoms with van der Waals surface area (Å²) in [7, 11) is 0. The number of nitriles is 1. The number of ketones is 1. The predicted molar refractivity (Wildman–Crippen MR) is 70.9 cm³/mol. The summed E-state index contributed by atoms with van der Waals surface area (Å²) in [6.07, 6.45) is 0. The van der Waals surface area contributed by atoms with Crippen LogP contribution in [0.15, 0.2) is 48.5 Å². The molecule has 0 aliphatic rings. The van der Waals surface area contributed by atoms with Crippen LogP contribution in [-0.2, 0) is 0 Å². The van der Waals surface area contributed by atoms with Gasteiger partial charge in [0.05, 0.1) is 11.6 Å². The molecule has 88 valence electrons. The van der Waals surface area contributed by atoms with Crippen LogP contribution in [0.25, 0.3) is 0 Å². The fourth-order valence-electron chi connectivity index (χ4n) is 1.68. The molecule has 18 heavy (non-hydrogen) atoms. The van der Waals surface area contributed by atoms with Gasteiger partial charge in [0, 0.05) is 16.9 Å². The van der Waals surface area contributed by atoms with Crippen LogP contribution in [-0.4, -0.2) is 5.78 Å². The first-order valence-electron chi connectivity index (χ1n) is 5.58. The topological polar surface area (TPSA) is 52.9 Å². The summed E-state index contributed by atoms with van der Waals surface area (Å²) >= 11 is 0. The van der Waals surface area contributed by atoms with Gasteiger partial charge in [-0.15, -0.1) is 0 Å². The number of carbonyl (C=O) groups is 1. The quantitative estimate of drug-likeness (QED) is 0.830. The van der Waals surface area contributed by atoms with Gasteiger partial charge >= 0.3 is 0 Å². The van der Waals surface area contributed by atoms with Gasteiger partial charge in [-0.3, -0.25) is 4.79 Å². The molecule has 2 rings (SSSR count). The van der Waals surface area contributed by atoms with E-state index < -0.39 is 0 Å².